The average Bonchev–Trinajstić information content (AvgIpc) is 2.45. The lowest BCUT2D eigenvalue weighted by atomic mass is 9.99. The second-order valence-electron chi connectivity index (χ2n) is 4.68. The summed E-state index contributed by atoms with van der Waals surface area (Å²) in [5.74, 6) is 0.619. The SMILES string of the molecule is COc1ccc(C(=O)O)cc1OCC1CCNCC1. The Balaban J connectivity index is 2.04. The van der Waals surface area contributed by atoms with Gasteiger partial charge in [-0.3, -0.25) is 0 Å². The van der Waals surface area contributed by atoms with Gasteiger partial charge < -0.3 is 19.9 Å². The molecule has 0 radical (unpaired) electrons. The molecule has 1 aromatic rings. The summed E-state index contributed by atoms with van der Waals surface area (Å²) >= 11 is 0. The van der Waals surface area contributed by atoms with Gasteiger partial charge in [0.1, 0.15) is 0 Å². The van der Waals surface area contributed by atoms with Crippen molar-refractivity contribution in [1.29, 1.82) is 0 Å². The van der Waals surface area contributed by atoms with Crippen LogP contribution >= 0.6 is 0 Å². The van der Waals surface area contributed by atoms with Crippen LogP contribution in [0.4, 0.5) is 0 Å². The summed E-state index contributed by atoms with van der Waals surface area (Å²) in [6.45, 7) is 2.63. The van der Waals surface area contributed by atoms with Crippen LogP contribution in [0.5, 0.6) is 11.5 Å². The number of benzene rings is 1. The number of carboxylic acids is 1. The third kappa shape index (κ3) is 3.61. The molecule has 104 valence electrons. The number of hydrogen-bond donors (Lipinski definition) is 2. The fourth-order valence-corrected chi connectivity index (χ4v) is 2.18. The molecule has 19 heavy (non-hydrogen) atoms. The van der Waals surface area contributed by atoms with Gasteiger partial charge in [0.15, 0.2) is 11.5 Å². The summed E-state index contributed by atoms with van der Waals surface area (Å²) in [6, 6.07) is 4.65. The maximum absolute atomic E-state index is 11.0. The van der Waals surface area contributed by atoms with Crippen molar-refractivity contribution in [2.75, 3.05) is 26.8 Å². The summed E-state index contributed by atoms with van der Waals surface area (Å²) in [7, 11) is 1.55. The normalized spacial score (nSPS) is 16.1. The Kier molecular flexibility index (Phi) is 4.63. The van der Waals surface area contributed by atoms with Crippen LogP contribution in [0.3, 0.4) is 0 Å². The first kappa shape index (κ1) is 13.7. The van der Waals surface area contributed by atoms with Crippen molar-refractivity contribution >= 4 is 5.97 Å². The van der Waals surface area contributed by atoms with Crippen LogP contribution in [0.2, 0.25) is 0 Å². The van der Waals surface area contributed by atoms with E-state index in [2.05, 4.69) is 5.32 Å². The summed E-state index contributed by atoms with van der Waals surface area (Å²) in [5.41, 5.74) is 0.209. The van der Waals surface area contributed by atoms with E-state index < -0.39 is 5.97 Å². The van der Waals surface area contributed by atoms with Crippen LogP contribution < -0.4 is 14.8 Å². The highest BCUT2D eigenvalue weighted by Crippen LogP contribution is 2.29. The first-order chi connectivity index (χ1) is 9.20. The van der Waals surface area contributed by atoms with Crippen LogP contribution in [0.1, 0.15) is 23.2 Å². The lowest BCUT2D eigenvalue weighted by molar-refractivity contribution is 0.0696. The highest BCUT2D eigenvalue weighted by molar-refractivity contribution is 5.88. The molecule has 5 nitrogen and oxygen atoms in total. The molecule has 1 heterocycles. The second kappa shape index (κ2) is 6.43. The van der Waals surface area contributed by atoms with Crippen molar-refractivity contribution in [3.8, 4) is 11.5 Å². The first-order valence-corrected chi connectivity index (χ1v) is 6.45. The number of nitrogens with one attached hydrogen (secondary N) is 1. The molecule has 1 aliphatic rings. The van der Waals surface area contributed by atoms with Crippen LogP contribution in [0, 0.1) is 5.92 Å². The highest BCUT2D eigenvalue weighted by Gasteiger charge is 2.16. The number of methoxy groups -OCH3 is 1. The fourth-order valence-electron chi connectivity index (χ4n) is 2.18. The maximum Gasteiger partial charge on any atom is 0.335 e. The third-order valence-electron chi connectivity index (χ3n) is 3.34. The Morgan fingerprint density at radius 3 is 2.74 bits per heavy atom. The topological polar surface area (TPSA) is 67.8 Å². The lowest BCUT2D eigenvalue weighted by Crippen LogP contribution is -2.30. The Hall–Kier alpha value is -1.75. The standard InChI is InChI=1S/C14H19NO4/c1-18-12-3-2-11(14(16)17)8-13(12)19-9-10-4-6-15-7-5-10/h2-3,8,10,15H,4-7,9H2,1H3,(H,16,17). The molecule has 0 spiro atoms. The van der Waals surface area contributed by atoms with Gasteiger partial charge in [0.25, 0.3) is 0 Å². The smallest absolute Gasteiger partial charge is 0.335 e. The molecule has 0 aromatic heterocycles. The van der Waals surface area contributed by atoms with Gasteiger partial charge >= 0.3 is 5.97 Å². The molecule has 1 fully saturated rings. The van der Waals surface area contributed by atoms with Crippen molar-refractivity contribution in [2.45, 2.75) is 12.8 Å². The largest absolute Gasteiger partial charge is 0.493 e. The van der Waals surface area contributed by atoms with Gasteiger partial charge in [0.2, 0.25) is 0 Å². The zero-order valence-electron chi connectivity index (χ0n) is 11.0. The highest BCUT2D eigenvalue weighted by atomic mass is 16.5. The molecule has 0 aliphatic carbocycles. The summed E-state index contributed by atoms with van der Waals surface area (Å²) in [6.07, 6.45) is 2.17. The lowest BCUT2D eigenvalue weighted by Gasteiger charge is -2.23. The molecular formula is C14H19NO4. The molecule has 1 aromatic carbocycles. The quantitative estimate of drug-likeness (QED) is 0.849. The molecule has 0 unspecified atom stereocenters. The molecule has 0 atom stereocenters. The predicted molar refractivity (Wildman–Crippen MR) is 71.0 cm³/mol. The molecule has 2 rings (SSSR count). The summed E-state index contributed by atoms with van der Waals surface area (Å²) in [4.78, 5) is 11.0. The van der Waals surface area contributed by atoms with Crippen LogP contribution in [-0.2, 0) is 0 Å². The second-order valence-corrected chi connectivity index (χ2v) is 4.68. The number of piperidine rings is 1. The van der Waals surface area contributed by atoms with Gasteiger partial charge in [0, 0.05) is 0 Å². The predicted octanol–water partition coefficient (Wildman–Crippen LogP) is 1.77. The molecule has 0 saturated carbocycles. The maximum atomic E-state index is 11.0. The molecule has 2 N–H and O–H groups in total. The molecule has 0 amide bonds. The van der Waals surface area contributed by atoms with Gasteiger partial charge in [-0.25, -0.2) is 4.79 Å². The molecule has 1 aliphatic heterocycles. The molecular weight excluding hydrogens is 246 g/mol. The number of aromatic carboxylic acids is 1. The van der Waals surface area contributed by atoms with E-state index in [-0.39, 0.29) is 5.56 Å². The first-order valence-electron chi connectivity index (χ1n) is 6.45. The van der Waals surface area contributed by atoms with E-state index in [0.29, 0.717) is 24.0 Å². The van der Waals surface area contributed by atoms with Crippen molar-refractivity contribution in [2.24, 2.45) is 5.92 Å². The number of ether oxygens (including phenoxy) is 2. The van der Waals surface area contributed by atoms with E-state index in [1.165, 1.54) is 12.1 Å². The van der Waals surface area contributed by atoms with Crippen molar-refractivity contribution in [1.82, 2.24) is 5.32 Å². The average molecular weight is 265 g/mol. The zero-order chi connectivity index (χ0) is 13.7. The molecule has 0 bridgehead atoms. The van der Waals surface area contributed by atoms with Crippen molar-refractivity contribution < 1.29 is 19.4 Å². The van der Waals surface area contributed by atoms with E-state index in [9.17, 15) is 4.79 Å². The molecule has 1 saturated heterocycles. The minimum atomic E-state index is -0.964. The zero-order valence-corrected chi connectivity index (χ0v) is 11.0. The van der Waals surface area contributed by atoms with E-state index in [4.69, 9.17) is 14.6 Å². The Labute approximate surface area is 112 Å². The van der Waals surface area contributed by atoms with Gasteiger partial charge in [-0.2, -0.15) is 0 Å². The third-order valence-corrected chi connectivity index (χ3v) is 3.34. The van der Waals surface area contributed by atoms with Gasteiger partial charge in [-0.05, 0) is 50.0 Å². The van der Waals surface area contributed by atoms with Gasteiger partial charge in [-0.15, -0.1) is 0 Å². The number of rotatable bonds is 5. The fraction of sp³-hybridized carbons (Fsp3) is 0.500. The van der Waals surface area contributed by atoms with Crippen molar-refractivity contribution in [3.05, 3.63) is 23.8 Å². The number of carbonyl (C=O) groups is 1. The van der Waals surface area contributed by atoms with E-state index in [1.54, 1.807) is 13.2 Å². The van der Waals surface area contributed by atoms with Crippen LogP contribution in [0.25, 0.3) is 0 Å². The van der Waals surface area contributed by atoms with E-state index >= 15 is 0 Å². The number of carboxylic acid groups (broad SMARTS) is 1. The van der Waals surface area contributed by atoms with E-state index in [1.807, 2.05) is 0 Å². The Bertz CT molecular complexity index is 441. The van der Waals surface area contributed by atoms with E-state index in [0.717, 1.165) is 25.9 Å². The Morgan fingerprint density at radius 2 is 2.11 bits per heavy atom. The summed E-state index contributed by atoms with van der Waals surface area (Å²) in [5, 5.41) is 12.3. The van der Waals surface area contributed by atoms with Crippen LogP contribution in [-0.4, -0.2) is 37.9 Å². The minimum Gasteiger partial charge on any atom is -0.493 e. The van der Waals surface area contributed by atoms with Crippen LogP contribution in [0.15, 0.2) is 18.2 Å². The summed E-state index contributed by atoms with van der Waals surface area (Å²) < 4.78 is 10.9. The monoisotopic (exact) mass is 265 g/mol. The molecule has 5 heteroatoms. The van der Waals surface area contributed by atoms with Gasteiger partial charge in [-0.1, -0.05) is 0 Å². The van der Waals surface area contributed by atoms with Crippen molar-refractivity contribution in [3.63, 3.8) is 0 Å². The van der Waals surface area contributed by atoms with Gasteiger partial charge in [0.05, 0.1) is 19.3 Å². The minimum absolute atomic E-state index is 0.209. The number of hydrogen-bond acceptors (Lipinski definition) is 4. The Morgan fingerprint density at radius 1 is 1.37 bits per heavy atom.